The number of morpholine rings is 1. The van der Waals surface area contributed by atoms with Crippen LogP contribution in [-0.2, 0) is 4.74 Å². The maximum absolute atomic E-state index is 5.38. The molecular weight excluding hydrogens is 142 g/mol. The number of nitrogens with one attached hydrogen (secondary N) is 2. The summed E-state index contributed by atoms with van der Waals surface area (Å²) in [6.45, 7) is 2.42. The number of hydrogen-bond donors (Lipinski definition) is 2. The Kier molecular flexibility index (Phi) is 1.87. The molecule has 1 radical (unpaired) electrons. The van der Waals surface area contributed by atoms with E-state index < -0.39 is 0 Å². The van der Waals surface area contributed by atoms with Crippen LogP contribution in [0.25, 0.3) is 0 Å². The van der Waals surface area contributed by atoms with Crippen molar-refractivity contribution >= 4 is 0 Å². The quantitative estimate of drug-likeness (QED) is 0.591. The minimum Gasteiger partial charge on any atom is -0.361 e. The zero-order valence-electron chi connectivity index (χ0n) is 6.13. The molecule has 2 rings (SSSR count). The topological polar surface area (TPSA) is 49.9 Å². The van der Waals surface area contributed by atoms with Crippen molar-refractivity contribution in [1.82, 2.24) is 15.3 Å². The molecule has 2 N–H and O–H groups in total. The predicted octanol–water partition coefficient (Wildman–Crippen LogP) is -0.0904. The lowest BCUT2D eigenvalue weighted by Gasteiger charge is -2.20. The Labute approximate surface area is 65.0 Å². The van der Waals surface area contributed by atoms with E-state index in [1.807, 2.05) is 0 Å². The minimum atomic E-state index is 0.732. The predicted molar refractivity (Wildman–Crippen MR) is 39.8 cm³/mol. The fourth-order valence-corrected chi connectivity index (χ4v) is 1.07. The van der Waals surface area contributed by atoms with Gasteiger partial charge in [-0.05, 0) is 0 Å². The van der Waals surface area contributed by atoms with Crippen molar-refractivity contribution < 1.29 is 4.74 Å². The van der Waals surface area contributed by atoms with Crippen LogP contribution in [0.2, 0.25) is 0 Å². The van der Waals surface area contributed by atoms with Crippen LogP contribution in [0.3, 0.4) is 0 Å². The summed E-state index contributed by atoms with van der Waals surface area (Å²) < 4.78 is 5.38. The fraction of sp³-hybridized carbons (Fsp3) is 0.429. The monoisotopic (exact) mass is 152 g/mol. The van der Waals surface area contributed by atoms with Crippen LogP contribution in [0.15, 0.2) is 12.4 Å². The smallest absolute Gasteiger partial charge is 0.175 e. The van der Waals surface area contributed by atoms with E-state index in [1.165, 1.54) is 0 Å². The molecule has 0 aliphatic carbocycles. The Morgan fingerprint density at radius 2 is 2.55 bits per heavy atom. The summed E-state index contributed by atoms with van der Waals surface area (Å²) in [6, 6.07) is 0. The molecule has 0 amide bonds. The maximum Gasteiger partial charge on any atom is 0.175 e. The molecule has 0 unspecified atom stereocenters. The van der Waals surface area contributed by atoms with E-state index in [0.29, 0.717) is 0 Å². The molecule has 1 aliphatic heterocycles. The molecule has 0 aromatic carbocycles. The SMILES string of the molecule is c1c[nH]c([C]2CNCCO2)n1. The van der Waals surface area contributed by atoms with Crippen molar-refractivity contribution in [2.24, 2.45) is 0 Å². The molecule has 1 fully saturated rings. The Morgan fingerprint density at radius 1 is 1.55 bits per heavy atom. The number of aromatic nitrogens is 2. The van der Waals surface area contributed by atoms with E-state index in [1.54, 1.807) is 12.4 Å². The number of aromatic amines is 1. The Bertz CT molecular complexity index is 203. The largest absolute Gasteiger partial charge is 0.361 e. The van der Waals surface area contributed by atoms with Gasteiger partial charge in [-0.25, -0.2) is 4.98 Å². The van der Waals surface area contributed by atoms with E-state index in [2.05, 4.69) is 15.3 Å². The van der Waals surface area contributed by atoms with Crippen LogP contribution in [0.5, 0.6) is 0 Å². The second-order valence-electron chi connectivity index (χ2n) is 2.39. The molecule has 4 heteroatoms. The number of imidazole rings is 1. The van der Waals surface area contributed by atoms with Crippen molar-refractivity contribution in [2.45, 2.75) is 0 Å². The number of hydrogen-bond acceptors (Lipinski definition) is 3. The number of nitrogens with zero attached hydrogens (tertiary/aromatic N) is 1. The van der Waals surface area contributed by atoms with E-state index in [-0.39, 0.29) is 0 Å². The molecule has 1 saturated heterocycles. The Morgan fingerprint density at radius 3 is 3.18 bits per heavy atom. The van der Waals surface area contributed by atoms with E-state index >= 15 is 0 Å². The van der Waals surface area contributed by atoms with Gasteiger partial charge in [-0.3, -0.25) is 0 Å². The molecule has 4 nitrogen and oxygen atoms in total. The van der Waals surface area contributed by atoms with Gasteiger partial charge >= 0.3 is 0 Å². The first-order chi connectivity index (χ1) is 5.47. The summed E-state index contributed by atoms with van der Waals surface area (Å²) in [5.74, 6) is 0.831. The molecule has 1 aromatic heterocycles. The van der Waals surface area contributed by atoms with Crippen LogP contribution in [0.4, 0.5) is 0 Å². The van der Waals surface area contributed by atoms with Gasteiger partial charge in [0.25, 0.3) is 0 Å². The molecule has 2 heterocycles. The van der Waals surface area contributed by atoms with Crippen molar-refractivity contribution in [3.8, 4) is 0 Å². The van der Waals surface area contributed by atoms with Gasteiger partial charge in [0, 0.05) is 25.5 Å². The highest BCUT2D eigenvalue weighted by atomic mass is 16.5. The highest BCUT2D eigenvalue weighted by Crippen LogP contribution is 2.11. The number of H-pyrrole nitrogens is 1. The third kappa shape index (κ3) is 1.41. The van der Waals surface area contributed by atoms with Crippen molar-refractivity contribution in [3.05, 3.63) is 24.3 Å². The first-order valence-electron chi connectivity index (χ1n) is 3.66. The number of rotatable bonds is 1. The molecule has 0 spiro atoms. The van der Waals surface area contributed by atoms with Crippen LogP contribution in [0, 0.1) is 6.10 Å². The number of ether oxygens (including phenoxy) is 1. The summed E-state index contributed by atoms with van der Waals surface area (Å²) in [5.41, 5.74) is 0. The van der Waals surface area contributed by atoms with Gasteiger partial charge in [0.15, 0.2) is 6.10 Å². The summed E-state index contributed by atoms with van der Waals surface area (Å²) in [4.78, 5) is 7.08. The second kappa shape index (κ2) is 3.02. The molecule has 1 aromatic rings. The van der Waals surface area contributed by atoms with Gasteiger partial charge in [-0.15, -0.1) is 0 Å². The summed E-state index contributed by atoms with van der Waals surface area (Å²) in [7, 11) is 0. The zero-order valence-corrected chi connectivity index (χ0v) is 6.13. The average molecular weight is 152 g/mol. The van der Waals surface area contributed by atoms with Crippen LogP contribution >= 0.6 is 0 Å². The standard InChI is InChI=1S/C7H10N3O/c1-2-10-7(9-1)6-5-8-3-4-11-6/h1-2,8H,3-5H2,(H,9,10). The lowest BCUT2D eigenvalue weighted by atomic mass is 10.3. The Balaban J connectivity index is 2.04. The van der Waals surface area contributed by atoms with Crippen molar-refractivity contribution in [3.63, 3.8) is 0 Å². The first kappa shape index (κ1) is 6.82. The van der Waals surface area contributed by atoms with Crippen molar-refractivity contribution in [1.29, 1.82) is 0 Å². The summed E-state index contributed by atoms with van der Waals surface area (Å²) in [5, 5.41) is 3.20. The molecule has 1 aliphatic rings. The van der Waals surface area contributed by atoms with E-state index in [9.17, 15) is 0 Å². The summed E-state index contributed by atoms with van der Waals surface area (Å²) in [6.07, 6.45) is 4.42. The van der Waals surface area contributed by atoms with E-state index in [0.717, 1.165) is 31.6 Å². The van der Waals surface area contributed by atoms with Crippen LogP contribution in [0.1, 0.15) is 5.82 Å². The van der Waals surface area contributed by atoms with Gasteiger partial charge < -0.3 is 15.0 Å². The van der Waals surface area contributed by atoms with Crippen LogP contribution < -0.4 is 5.32 Å². The molecule has 0 saturated carbocycles. The lowest BCUT2D eigenvalue weighted by Crippen LogP contribution is -2.34. The molecular formula is C7H10N3O. The first-order valence-corrected chi connectivity index (χ1v) is 3.66. The highest BCUT2D eigenvalue weighted by Gasteiger charge is 2.18. The Hall–Kier alpha value is -0.870. The third-order valence-corrected chi connectivity index (χ3v) is 1.60. The molecule has 59 valence electrons. The summed E-state index contributed by atoms with van der Waals surface area (Å²) >= 11 is 0. The lowest BCUT2D eigenvalue weighted by molar-refractivity contribution is 0.125. The second-order valence-corrected chi connectivity index (χ2v) is 2.39. The van der Waals surface area contributed by atoms with Gasteiger partial charge in [0.2, 0.25) is 0 Å². The highest BCUT2D eigenvalue weighted by molar-refractivity contribution is 5.10. The van der Waals surface area contributed by atoms with Gasteiger partial charge in [0.1, 0.15) is 5.82 Å². The normalized spacial score (nSPS) is 20.4. The van der Waals surface area contributed by atoms with Gasteiger partial charge in [0.05, 0.1) is 6.61 Å². The molecule has 11 heavy (non-hydrogen) atoms. The van der Waals surface area contributed by atoms with Crippen molar-refractivity contribution in [2.75, 3.05) is 19.7 Å². The minimum absolute atomic E-state index is 0.732. The fourth-order valence-electron chi connectivity index (χ4n) is 1.07. The maximum atomic E-state index is 5.38. The third-order valence-electron chi connectivity index (χ3n) is 1.60. The van der Waals surface area contributed by atoms with Crippen LogP contribution in [-0.4, -0.2) is 29.7 Å². The van der Waals surface area contributed by atoms with Gasteiger partial charge in [-0.1, -0.05) is 0 Å². The molecule has 0 atom stereocenters. The zero-order chi connectivity index (χ0) is 7.52. The average Bonchev–Trinajstić information content (AvgIpc) is 2.58. The molecule has 0 bridgehead atoms. The van der Waals surface area contributed by atoms with E-state index in [4.69, 9.17) is 4.74 Å². The van der Waals surface area contributed by atoms with Gasteiger partial charge in [-0.2, -0.15) is 0 Å².